The number of nitrogens with one attached hydrogen (secondary N) is 1. The first-order valence-electron chi connectivity index (χ1n) is 5.95. The van der Waals surface area contributed by atoms with Crippen LogP contribution in [0, 0.1) is 0 Å². The summed E-state index contributed by atoms with van der Waals surface area (Å²) in [6.45, 7) is 1.86. The number of hydrogen-bond acceptors (Lipinski definition) is 1. The largest absolute Gasteiger partial charge is 0.416 e. The van der Waals surface area contributed by atoms with Gasteiger partial charge < -0.3 is 5.32 Å². The Morgan fingerprint density at radius 2 is 1.94 bits per heavy atom. The first kappa shape index (κ1) is 12.4. The third-order valence-electron chi connectivity index (χ3n) is 3.26. The number of hydrogen-bond donors (Lipinski definition) is 1. The van der Waals surface area contributed by atoms with Gasteiger partial charge in [-0.3, -0.25) is 0 Å². The molecule has 4 heteroatoms. The van der Waals surface area contributed by atoms with Crippen molar-refractivity contribution in [2.45, 2.75) is 31.4 Å². The summed E-state index contributed by atoms with van der Waals surface area (Å²) in [5.41, 5.74) is 0.288. The lowest BCUT2D eigenvalue weighted by molar-refractivity contribution is -0.137. The predicted molar refractivity (Wildman–Crippen MR) is 60.9 cm³/mol. The van der Waals surface area contributed by atoms with Crippen LogP contribution in [-0.4, -0.2) is 13.1 Å². The monoisotopic (exact) mass is 243 g/mol. The second-order valence-electron chi connectivity index (χ2n) is 4.50. The molecule has 1 unspecified atom stereocenters. The Balaban J connectivity index is 2.20. The van der Waals surface area contributed by atoms with Crippen molar-refractivity contribution in [3.63, 3.8) is 0 Å². The van der Waals surface area contributed by atoms with E-state index in [4.69, 9.17) is 0 Å². The maximum Gasteiger partial charge on any atom is 0.416 e. The second-order valence-corrected chi connectivity index (χ2v) is 4.50. The zero-order valence-electron chi connectivity index (χ0n) is 9.56. The molecule has 1 aliphatic rings. The lowest BCUT2D eigenvalue weighted by Crippen LogP contribution is -2.14. The highest BCUT2D eigenvalue weighted by Crippen LogP contribution is 2.33. The molecule has 0 radical (unpaired) electrons. The highest BCUT2D eigenvalue weighted by atomic mass is 19.4. The molecular formula is C13H16F3N. The third-order valence-corrected chi connectivity index (χ3v) is 3.26. The zero-order valence-corrected chi connectivity index (χ0v) is 9.56. The molecule has 1 aliphatic heterocycles. The molecule has 1 aromatic carbocycles. The lowest BCUT2D eigenvalue weighted by atomic mass is 9.91. The molecule has 1 aromatic rings. The minimum absolute atomic E-state index is 0.257. The summed E-state index contributed by atoms with van der Waals surface area (Å²) in [6.07, 6.45) is -1.32. The van der Waals surface area contributed by atoms with E-state index in [1.165, 1.54) is 12.1 Å². The standard InChI is InChI=1S/C13H16F3N/c14-13(15,16)12-5-1-3-11(9-12)10-4-2-7-17-8-6-10/h1,3,5,9-10,17H,2,4,6-8H2. The van der Waals surface area contributed by atoms with Crippen molar-refractivity contribution in [2.75, 3.05) is 13.1 Å². The van der Waals surface area contributed by atoms with Gasteiger partial charge in [-0.1, -0.05) is 18.2 Å². The minimum Gasteiger partial charge on any atom is -0.317 e. The molecule has 0 bridgehead atoms. The summed E-state index contributed by atoms with van der Waals surface area (Å²) in [5, 5.41) is 3.27. The molecule has 17 heavy (non-hydrogen) atoms. The molecule has 1 atom stereocenters. The van der Waals surface area contributed by atoms with E-state index in [2.05, 4.69) is 5.32 Å². The van der Waals surface area contributed by atoms with Crippen molar-refractivity contribution < 1.29 is 13.2 Å². The second kappa shape index (κ2) is 5.08. The van der Waals surface area contributed by atoms with Crippen LogP contribution in [0.15, 0.2) is 24.3 Å². The highest BCUT2D eigenvalue weighted by molar-refractivity contribution is 5.28. The maximum atomic E-state index is 12.6. The van der Waals surface area contributed by atoms with E-state index in [0.29, 0.717) is 0 Å². The molecule has 0 saturated carbocycles. The van der Waals surface area contributed by atoms with Crippen LogP contribution in [-0.2, 0) is 6.18 Å². The SMILES string of the molecule is FC(F)(F)c1cccc(C2CCCNCC2)c1. The fourth-order valence-electron chi connectivity index (χ4n) is 2.32. The van der Waals surface area contributed by atoms with Crippen LogP contribution in [0.3, 0.4) is 0 Å². The van der Waals surface area contributed by atoms with E-state index in [0.717, 1.165) is 44.0 Å². The Bertz CT molecular complexity index is 365. The average Bonchev–Trinajstić information content (AvgIpc) is 2.56. The smallest absolute Gasteiger partial charge is 0.317 e. The predicted octanol–water partition coefficient (Wildman–Crippen LogP) is 3.56. The Kier molecular flexibility index (Phi) is 3.72. The van der Waals surface area contributed by atoms with E-state index in [1.54, 1.807) is 0 Å². The summed E-state index contributed by atoms with van der Waals surface area (Å²) < 4.78 is 37.8. The number of alkyl halides is 3. The average molecular weight is 243 g/mol. The van der Waals surface area contributed by atoms with Crippen LogP contribution in [0.4, 0.5) is 13.2 Å². The Hall–Kier alpha value is -1.03. The first-order chi connectivity index (χ1) is 8.07. The summed E-state index contributed by atoms with van der Waals surface area (Å²) >= 11 is 0. The zero-order chi connectivity index (χ0) is 12.3. The van der Waals surface area contributed by atoms with Crippen molar-refractivity contribution in [2.24, 2.45) is 0 Å². The van der Waals surface area contributed by atoms with Crippen molar-refractivity contribution in [1.29, 1.82) is 0 Å². The van der Waals surface area contributed by atoms with Crippen LogP contribution >= 0.6 is 0 Å². The number of halogens is 3. The van der Waals surface area contributed by atoms with Crippen molar-refractivity contribution in [1.82, 2.24) is 5.32 Å². The van der Waals surface area contributed by atoms with Crippen molar-refractivity contribution in [3.8, 4) is 0 Å². The van der Waals surface area contributed by atoms with Gasteiger partial charge >= 0.3 is 6.18 Å². The van der Waals surface area contributed by atoms with E-state index < -0.39 is 11.7 Å². The van der Waals surface area contributed by atoms with Crippen LogP contribution in [0.1, 0.15) is 36.3 Å². The Labute approximate surface area is 99.0 Å². The molecule has 1 fully saturated rings. The number of benzene rings is 1. The fraction of sp³-hybridized carbons (Fsp3) is 0.538. The lowest BCUT2D eigenvalue weighted by Gasteiger charge is -2.16. The Morgan fingerprint density at radius 3 is 2.71 bits per heavy atom. The van der Waals surface area contributed by atoms with Gasteiger partial charge in [0.25, 0.3) is 0 Å². The molecule has 1 N–H and O–H groups in total. The molecule has 1 heterocycles. The van der Waals surface area contributed by atoms with Gasteiger partial charge in [-0.25, -0.2) is 0 Å². The van der Waals surface area contributed by atoms with Crippen LogP contribution < -0.4 is 5.32 Å². The molecule has 1 saturated heterocycles. The van der Waals surface area contributed by atoms with E-state index in [-0.39, 0.29) is 5.92 Å². The molecule has 94 valence electrons. The van der Waals surface area contributed by atoms with E-state index >= 15 is 0 Å². The number of rotatable bonds is 1. The molecule has 1 nitrogen and oxygen atoms in total. The highest BCUT2D eigenvalue weighted by Gasteiger charge is 2.30. The molecule has 0 aliphatic carbocycles. The molecule has 0 amide bonds. The van der Waals surface area contributed by atoms with Gasteiger partial charge in [0, 0.05) is 0 Å². The van der Waals surface area contributed by atoms with Gasteiger partial charge in [-0.2, -0.15) is 13.2 Å². The van der Waals surface area contributed by atoms with Gasteiger partial charge in [0.2, 0.25) is 0 Å². The summed E-state index contributed by atoms with van der Waals surface area (Å²) in [5.74, 6) is 0.257. The minimum atomic E-state index is -4.24. The van der Waals surface area contributed by atoms with Crippen molar-refractivity contribution >= 4 is 0 Å². The van der Waals surface area contributed by atoms with Crippen LogP contribution in [0.2, 0.25) is 0 Å². The van der Waals surface area contributed by atoms with Gasteiger partial charge in [0.1, 0.15) is 0 Å². The quantitative estimate of drug-likeness (QED) is 0.795. The summed E-state index contributed by atoms with van der Waals surface area (Å²) in [6, 6.07) is 5.76. The fourth-order valence-corrected chi connectivity index (χ4v) is 2.32. The third kappa shape index (κ3) is 3.22. The van der Waals surface area contributed by atoms with E-state index in [9.17, 15) is 13.2 Å². The topological polar surface area (TPSA) is 12.0 Å². The summed E-state index contributed by atoms with van der Waals surface area (Å²) in [7, 11) is 0. The maximum absolute atomic E-state index is 12.6. The molecule has 2 rings (SSSR count). The van der Waals surface area contributed by atoms with Crippen molar-refractivity contribution in [3.05, 3.63) is 35.4 Å². The molecule has 0 aromatic heterocycles. The molecule has 0 spiro atoms. The van der Waals surface area contributed by atoms with Crippen LogP contribution in [0.25, 0.3) is 0 Å². The summed E-state index contributed by atoms with van der Waals surface area (Å²) in [4.78, 5) is 0. The molecular weight excluding hydrogens is 227 g/mol. The van der Waals surface area contributed by atoms with Gasteiger partial charge in [0.15, 0.2) is 0 Å². The van der Waals surface area contributed by atoms with Gasteiger partial charge in [0.05, 0.1) is 5.56 Å². The van der Waals surface area contributed by atoms with E-state index in [1.807, 2.05) is 6.07 Å². The van der Waals surface area contributed by atoms with Gasteiger partial charge in [-0.05, 0) is 49.9 Å². The Morgan fingerprint density at radius 1 is 1.12 bits per heavy atom. The van der Waals surface area contributed by atoms with Gasteiger partial charge in [-0.15, -0.1) is 0 Å². The normalized spacial score (nSPS) is 22.2. The first-order valence-corrected chi connectivity index (χ1v) is 5.95. The van der Waals surface area contributed by atoms with Crippen LogP contribution in [0.5, 0.6) is 0 Å².